The van der Waals surface area contributed by atoms with E-state index in [0.717, 1.165) is 45.2 Å². The highest BCUT2D eigenvalue weighted by Gasteiger charge is 2.59. The van der Waals surface area contributed by atoms with E-state index in [0.29, 0.717) is 11.8 Å². The zero-order chi connectivity index (χ0) is 14.5. The maximum absolute atomic E-state index is 12.7. The predicted molar refractivity (Wildman–Crippen MR) is 79.9 cm³/mol. The van der Waals surface area contributed by atoms with Crippen LogP contribution in [-0.4, -0.2) is 35.5 Å². The Labute approximate surface area is 122 Å². The van der Waals surface area contributed by atoms with Crippen LogP contribution in [0.5, 0.6) is 0 Å². The largest absolute Gasteiger partial charge is 0.342 e. The first kappa shape index (κ1) is 14.3. The van der Waals surface area contributed by atoms with E-state index in [-0.39, 0.29) is 22.9 Å². The third-order valence-electron chi connectivity index (χ3n) is 6.15. The van der Waals surface area contributed by atoms with Gasteiger partial charge >= 0.3 is 0 Å². The first-order valence-corrected chi connectivity index (χ1v) is 8.24. The summed E-state index contributed by atoms with van der Waals surface area (Å²) >= 11 is 0. The second-order valence-electron chi connectivity index (χ2n) is 7.67. The summed E-state index contributed by atoms with van der Waals surface area (Å²) in [5.41, 5.74) is 13.0. The molecule has 0 aromatic heterocycles. The minimum Gasteiger partial charge on any atom is -0.342 e. The summed E-state index contributed by atoms with van der Waals surface area (Å²) in [6, 6.07) is -0.351. The van der Waals surface area contributed by atoms with Crippen LogP contribution in [0.15, 0.2) is 0 Å². The number of carbonyl (C=O) groups is 1. The lowest BCUT2D eigenvalue weighted by molar-refractivity contribution is -0.143. The summed E-state index contributed by atoms with van der Waals surface area (Å²) in [5.74, 6) is 1.55. The fourth-order valence-corrected chi connectivity index (χ4v) is 5.76. The van der Waals surface area contributed by atoms with Gasteiger partial charge in [-0.3, -0.25) is 4.79 Å². The second kappa shape index (κ2) is 4.70. The van der Waals surface area contributed by atoms with Crippen LogP contribution in [0, 0.1) is 17.3 Å². The summed E-state index contributed by atoms with van der Waals surface area (Å²) in [6.07, 6.45) is 6.82. The molecule has 4 aliphatic rings. The van der Waals surface area contributed by atoms with Crippen LogP contribution in [0.25, 0.3) is 0 Å². The standard InChI is InChI=1S/C16H29N3O/c1-3-19(4-2)14(20)13(17)15-6-11-5-12(7-15)9-16(18,8-11)10-15/h11-13H,3-10,17-18H2,1-2H3/t11?,12?,13-,15?,16?/m1/s1. The van der Waals surface area contributed by atoms with Crippen molar-refractivity contribution in [3.63, 3.8) is 0 Å². The Kier molecular flexibility index (Phi) is 3.37. The monoisotopic (exact) mass is 279 g/mol. The zero-order valence-corrected chi connectivity index (χ0v) is 12.9. The maximum atomic E-state index is 12.7. The summed E-state index contributed by atoms with van der Waals surface area (Å²) < 4.78 is 0. The van der Waals surface area contributed by atoms with Crippen LogP contribution < -0.4 is 11.5 Å². The third kappa shape index (κ3) is 2.08. The smallest absolute Gasteiger partial charge is 0.240 e. The molecule has 0 aromatic rings. The average molecular weight is 279 g/mol. The molecule has 4 nitrogen and oxygen atoms in total. The molecule has 4 rings (SSSR count). The molecule has 4 saturated carbocycles. The summed E-state index contributed by atoms with van der Waals surface area (Å²) in [7, 11) is 0. The lowest BCUT2D eigenvalue weighted by Gasteiger charge is -2.62. The van der Waals surface area contributed by atoms with Crippen molar-refractivity contribution in [1.82, 2.24) is 4.90 Å². The molecule has 0 heterocycles. The lowest BCUT2D eigenvalue weighted by atomic mass is 9.45. The third-order valence-corrected chi connectivity index (χ3v) is 6.15. The quantitative estimate of drug-likeness (QED) is 0.818. The van der Waals surface area contributed by atoms with Crippen LogP contribution in [0.4, 0.5) is 0 Å². The predicted octanol–water partition coefficient (Wildman–Crippen LogP) is 1.48. The molecule has 0 saturated heterocycles. The van der Waals surface area contributed by atoms with E-state index in [1.807, 2.05) is 18.7 Å². The first-order chi connectivity index (χ1) is 9.41. The van der Waals surface area contributed by atoms with E-state index in [2.05, 4.69) is 0 Å². The maximum Gasteiger partial charge on any atom is 0.240 e. The lowest BCUT2D eigenvalue weighted by Crippen LogP contribution is -2.66. The van der Waals surface area contributed by atoms with Gasteiger partial charge in [-0.25, -0.2) is 0 Å². The van der Waals surface area contributed by atoms with Gasteiger partial charge in [-0.05, 0) is 69.6 Å². The van der Waals surface area contributed by atoms with Crippen molar-refractivity contribution in [2.24, 2.45) is 28.7 Å². The van der Waals surface area contributed by atoms with Crippen LogP contribution in [-0.2, 0) is 4.79 Å². The fourth-order valence-electron chi connectivity index (χ4n) is 5.76. The molecular formula is C16H29N3O. The highest BCUT2D eigenvalue weighted by Crippen LogP contribution is 2.61. The Morgan fingerprint density at radius 3 is 2.20 bits per heavy atom. The number of nitrogens with zero attached hydrogens (tertiary/aromatic N) is 1. The number of likely N-dealkylation sites (N-methyl/N-ethyl adjacent to an activating group) is 1. The van der Waals surface area contributed by atoms with Crippen molar-refractivity contribution < 1.29 is 4.79 Å². The topological polar surface area (TPSA) is 72.3 Å². The van der Waals surface area contributed by atoms with E-state index in [9.17, 15) is 4.79 Å². The molecule has 1 amide bonds. The van der Waals surface area contributed by atoms with E-state index >= 15 is 0 Å². The molecular weight excluding hydrogens is 250 g/mol. The van der Waals surface area contributed by atoms with Gasteiger partial charge in [0.25, 0.3) is 0 Å². The molecule has 20 heavy (non-hydrogen) atoms. The van der Waals surface area contributed by atoms with Crippen LogP contribution in [0.3, 0.4) is 0 Å². The number of hydrogen-bond donors (Lipinski definition) is 2. The molecule has 4 aliphatic carbocycles. The van der Waals surface area contributed by atoms with Crippen molar-refractivity contribution >= 4 is 5.91 Å². The van der Waals surface area contributed by atoms with E-state index in [4.69, 9.17) is 11.5 Å². The van der Waals surface area contributed by atoms with Crippen molar-refractivity contribution in [2.45, 2.75) is 64.0 Å². The minimum absolute atomic E-state index is 0.0154. The highest BCUT2D eigenvalue weighted by atomic mass is 16.2. The molecule has 4 bridgehead atoms. The van der Waals surface area contributed by atoms with Gasteiger partial charge in [0.1, 0.15) is 0 Å². The normalized spacial score (nSPS) is 43.6. The van der Waals surface area contributed by atoms with Crippen LogP contribution >= 0.6 is 0 Å². The van der Waals surface area contributed by atoms with Crippen LogP contribution in [0.2, 0.25) is 0 Å². The zero-order valence-electron chi connectivity index (χ0n) is 12.9. The van der Waals surface area contributed by atoms with E-state index in [1.165, 1.54) is 6.42 Å². The molecule has 0 aliphatic heterocycles. The van der Waals surface area contributed by atoms with Gasteiger partial charge in [0.05, 0.1) is 6.04 Å². The molecule has 3 atom stereocenters. The number of rotatable bonds is 4. The Morgan fingerprint density at radius 2 is 1.75 bits per heavy atom. The molecule has 0 spiro atoms. The second-order valence-corrected chi connectivity index (χ2v) is 7.67. The molecule has 4 fully saturated rings. The van der Waals surface area contributed by atoms with Gasteiger partial charge in [-0.1, -0.05) is 0 Å². The average Bonchev–Trinajstić information content (AvgIpc) is 2.36. The molecule has 0 aromatic carbocycles. The number of nitrogens with two attached hydrogens (primary N) is 2. The molecule has 2 unspecified atom stereocenters. The van der Waals surface area contributed by atoms with Crippen molar-refractivity contribution in [3.05, 3.63) is 0 Å². The van der Waals surface area contributed by atoms with Gasteiger partial charge in [-0.2, -0.15) is 0 Å². The van der Waals surface area contributed by atoms with Gasteiger partial charge in [0.15, 0.2) is 0 Å². The Bertz CT molecular complexity index is 391. The van der Waals surface area contributed by atoms with Crippen molar-refractivity contribution in [3.8, 4) is 0 Å². The Hall–Kier alpha value is -0.610. The van der Waals surface area contributed by atoms with Gasteiger partial charge in [0, 0.05) is 18.6 Å². The van der Waals surface area contributed by atoms with Gasteiger partial charge in [-0.15, -0.1) is 0 Å². The number of carbonyl (C=O) groups excluding carboxylic acids is 1. The van der Waals surface area contributed by atoms with Crippen LogP contribution in [0.1, 0.15) is 52.4 Å². The SMILES string of the molecule is CCN(CC)C(=O)[C@@H](N)C12CC3CC(CC(N)(C3)C1)C2. The molecule has 4 heteroatoms. The van der Waals surface area contributed by atoms with Gasteiger partial charge < -0.3 is 16.4 Å². The Balaban J connectivity index is 1.84. The number of amides is 1. The fraction of sp³-hybridized carbons (Fsp3) is 0.938. The van der Waals surface area contributed by atoms with Gasteiger partial charge in [0.2, 0.25) is 5.91 Å². The summed E-state index contributed by atoms with van der Waals surface area (Å²) in [6.45, 7) is 5.55. The van der Waals surface area contributed by atoms with E-state index < -0.39 is 0 Å². The summed E-state index contributed by atoms with van der Waals surface area (Å²) in [4.78, 5) is 14.6. The van der Waals surface area contributed by atoms with Crippen molar-refractivity contribution in [1.29, 1.82) is 0 Å². The Morgan fingerprint density at radius 1 is 1.20 bits per heavy atom. The molecule has 0 radical (unpaired) electrons. The minimum atomic E-state index is -0.351. The van der Waals surface area contributed by atoms with Crippen molar-refractivity contribution in [2.75, 3.05) is 13.1 Å². The highest BCUT2D eigenvalue weighted by molar-refractivity contribution is 5.82. The van der Waals surface area contributed by atoms with E-state index in [1.54, 1.807) is 0 Å². The first-order valence-electron chi connectivity index (χ1n) is 8.24. The number of hydrogen-bond acceptors (Lipinski definition) is 3. The molecule has 4 N–H and O–H groups in total. The molecule has 114 valence electrons. The summed E-state index contributed by atoms with van der Waals surface area (Å²) in [5, 5.41) is 0.